The first-order valence-electron chi connectivity index (χ1n) is 9.77. The van der Waals surface area contributed by atoms with E-state index in [9.17, 15) is 9.59 Å². The topological polar surface area (TPSA) is 49.9 Å². The Morgan fingerprint density at radius 1 is 0.923 bits per heavy atom. The first kappa shape index (κ1) is 20.3. The second-order valence-electron chi connectivity index (χ2n) is 7.04. The quantitative estimate of drug-likeness (QED) is 0.668. The van der Waals surface area contributed by atoms with Crippen LogP contribution in [-0.2, 0) is 9.59 Å². The number of rotatable bonds is 8. The van der Waals surface area contributed by atoms with E-state index in [-0.39, 0.29) is 11.8 Å². The second-order valence-corrected chi connectivity index (χ2v) is 7.04. The Kier molecular flexibility index (Phi) is 7.95. The Morgan fingerprint density at radius 3 is 1.92 bits per heavy atom. The van der Waals surface area contributed by atoms with E-state index in [0.717, 1.165) is 29.7 Å². The third kappa shape index (κ3) is 5.75. The van der Waals surface area contributed by atoms with Crippen LogP contribution in [0.3, 0.4) is 0 Å². The van der Waals surface area contributed by atoms with E-state index in [0.29, 0.717) is 52.0 Å². The molecule has 144 valence electrons. The lowest BCUT2D eigenvalue weighted by molar-refractivity contribution is -0.139. The van der Waals surface area contributed by atoms with Crippen molar-refractivity contribution in [3.63, 3.8) is 0 Å². The fraction of sp³-hybridized carbons (Fsp3) is 0.619. The Morgan fingerprint density at radius 2 is 1.42 bits per heavy atom. The number of unbranched alkanes of at least 4 members (excludes halogenated alkanes) is 1. The van der Waals surface area contributed by atoms with E-state index in [4.69, 9.17) is 4.74 Å². The molecular weight excluding hydrogens is 328 g/mol. The highest BCUT2D eigenvalue weighted by molar-refractivity contribution is 5.78. The lowest BCUT2D eigenvalue weighted by atomic mass is 10.1. The predicted octanol–water partition coefficient (Wildman–Crippen LogP) is 3.32. The number of carbonyl (C=O) groups excluding carboxylic acids is 2. The predicted molar refractivity (Wildman–Crippen MR) is 103 cm³/mol. The molecule has 0 unspecified atom stereocenters. The third-order valence-electron chi connectivity index (χ3n) is 4.92. The van der Waals surface area contributed by atoms with Crippen molar-refractivity contribution in [3.8, 4) is 5.75 Å². The minimum Gasteiger partial charge on any atom is -0.493 e. The molecule has 1 saturated heterocycles. The fourth-order valence-corrected chi connectivity index (χ4v) is 3.27. The van der Waals surface area contributed by atoms with Crippen LogP contribution in [0.25, 0.3) is 0 Å². The first-order chi connectivity index (χ1) is 12.5. The summed E-state index contributed by atoms with van der Waals surface area (Å²) in [6.07, 6.45) is 3.81. The minimum absolute atomic E-state index is 0.163. The van der Waals surface area contributed by atoms with Gasteiger partial charge in [-0.2, -0.15) is 0 Å². The van der Waals surface area contributed by atoms with Gasteiger partial charge in [0.2, 0.25) is 11.8 Å². The average Bonchev–Trinajstić information content (AvgIpc) is 2.65. The summed E-state index contributed by atoms with van der Waals surface area (Å²) in [4.78, 5) is 28.2. The van der Waals surface area contributed by atoms with Crippen LogP contribution in [0, 0.1) is 13.8 Å². The van der Waals surface area contributed by atoms with Crippen LogP contribution >= 0.6 is 0 Å². The molecule has 5 heteroatoms. The molecule has 0 aromatic heterocycles. The number of nitrogens with zero attached hydrogens (tertiary/aromatic N) is 2. The van der Waals surface area contributed by atoms with E-state index < -0.39 is 0 Å². The fourth-order valence-electron chi connectivity index (χ4n) is 3.27. The number of piperazine rings is 1. The molecule has 0 atom stereocenters. The summed E-state index contributed by atoms with van der Waals surface area (Å²) in [5.74, 6) is 1.32. The largest absolute Gasteiger partial charge is 0.493 e. The standard InChI is InChI=1S/C21H32N2O3/c1-4-5-10-19(24)22-12-14-23(15-13-22)20(25)11-7-16-26-21-17(2)8-6-9-18(21)3/h6,8-9H,4-5,7,10-16H2,1-3H3. The number of ether oxygens (including phenoxy) is 1. The molecule has 1 aromatic rings. The summed E-state index contributed by atoms with van der Waals surface area (Å²) in [7, 11) is 0. The maximum absolute atomic E-state index is 12.4. The lowest BCUT2D eigenvalue weighted by Crippen LogP contribution is -2.50. The van der Waals surface area contributed by atoms with E-state index >= 15 is 0 Å². The van der Waals surface area contributed by atoms with Crippen LogP contribution in [0.1, 0.15) is 50.2 Å². The van der Waals surface area contributed by atoms with E-state index in [2.05, 4.69) is 6.92 Å². The monoisotopic (exact) mass is 360 g/mol. The molecular formula is C21H32N2O3. The molecule has 5 nitrogen and oxygen atoms in total. The van der Waals surface area contributed by atoms with Crippen molar-refractivity contribution in [3.05, 3.63) is 29.3 Å². The van der Waals surface area contributed by atoms with Crippen LogP contribution in [0.5, 0.6) is 5.75 Å². The number of benzene rings is 1. The Labute approximate surface area is 157 Å². The molecule has 1 heterocycles. The zero-order valence-electron chi connectivity index (χ0n) is 16.4. The van der Waals surface area contributed by atoms with Gasteiger partial charge in [-0.25, -0.2) is 0 Å². The Bertz CT molecular complexity index is 587. The van der Waals surface area contributed by atoms with Crippen LogP contribution in [-0.4, -0.2) is 54.4 Å². The van der Waals surface area contributed by atoms with E-state index in [1.54, 1.807) is 0 Å². The van der Waals surface area contributed by atoms with Crippen LogP contribution in [0.15, 0.2) is 18.2 Å². The highest BCUT2D eigenvalue weighted by Gasteiger charge is 2.23. The highest BCUT2D eigenvalue weighted by atomic mass is 16.5. The van der Waals surface area contributed by atoms with Gasteiger partial charge in [-0.1, -0.05) is 31.5 Å². The van der Waals surface area contributed by atoms with E-state index in [1.165, 1.54) is 0 Å². The van der Waals surface area contributed by atoms with Gasteiger partial charge in [0.05, 0.1) is 6.61 Å². The van der Waals surface area contributed by atoms with Gasteiger partial charge in [0.15, 0.2) is 0 Å². The van der Waals surface area contributed by atoms with Gasteiger partial charge in [0.25, 0.3) is 0 Å². The molecule has 0 bridgehead atoms. The van der Waals surface area contributed by atoms with Crippen molar-refractivity contribution >= 4 is 11.8 Å². The molecule has 2 rings (SSSR count). The van der Waals surface area contributed by atoms with Crippen molar-refractivity contribution < 1.29 is 14.3 Å². The summed E-state index contributed by atoms with van der Waals surface area (Å²) in [6.45, 7) is 9.33. The van der Waals surface area contributed by atoms with Crippen molar-refractivity contribution in [2.45, 2.75) is 52.9 Å². The second kappa shape index (κ2) is 10.2. The number of hydrogen-bond acceptors (Lipinski definition) is 3. The first-order valence-corrected chi connectivity index (χ1v) is 9.77. The lowest BCUT2D eigenvalue weighted by Gasteiger charge is -2.35. The van der Waals surface area contributed by atoms with Crippen molar-refractivity contribution in [2.24, 2.45) is 0 Å². The van der Waals surface area contributed by atoms with Crippen molar-refractivity contribution in [1.82, 2.24) is 9.80 Å². The molecule has 0 aliphatic carbocycles. The van der Waals surface area contributed by atoms with Crippen molar-refractivity contribution in [1.29, 1.82) is 0 Å². The molecule has 2 amide bonds. The van der Waals surface area contributed by atoms with Gasteiger partial charge in [-0.15, -0.1) is 0 Å². The molecule has 1 aromatic carbocycles. The van der Waals surface area contributed by atoms with Gasteiger partial charge in [-0.3, -0.25) is 9.59 Å². The zero-order valence-corrected chi connectivity index (χ0v) is 16.4. The number of para-hydroxylation sites is 1. The van der Waals surface area contributed by atoms with Gasteiger partial charge < -0.3 is 14.5 Å². The summed E-state index contributed by atoms with van der Waals surface area (Å²) in [5, 5.41) is 0. The molecule has 1 fully saturated rings. The number of hydrogen-bond donors (Lipinski definition) is 0. The number of aryl methyl sites for hydroxylation is 2. The Hall–Kier alpha value is -2.04. The summed E-state index contributed by atoms with van der Waals surface area (Å²) >= 11 is 0. The van der Waals surface area contributed by atoms with Gasteiger partial charge >= 0.3 is 0 Å². The van der Waals surface area contributed by atoms with Gasteiger partial charge in [-0.05, 0) is 37.8 Å². The van der Waals surface area contributed by atoms with Crippen LogP contribution in [0.2, 0.25) is 0 Å². The normalized spacial score (nSPS) is 14.4. The zero-order chi connectivity index (χ0) is 18.9. The molecule has 1 aliphatic rings. The van der Waals surface area contributed by atoms with Crippen molar-refractivity contribution in [2.75, 3.05) is 32.8 Å². The SMILES string of the molecule is CCCCC(=O)N1CCN(C(=O)CCCOc2c(C)cccc2C)CC1. The average molecular weight is 360 g/mol. The maximum atomic E-state index is 12.4. The number of carbonyl (C=O) groups is 2. The Balaban J connectivity index is 1.67. The molecule has 26 heavy (non-hydrogen) atoms. The van der Waals surface area contributed by atoms with Crippen LogP contribution in [0.4, 0.5) is 0 Å². The third-order valence-corrected chi connectivity index (χ3v) is 4.92. The smallest absolute Gasteiger partial charge is 0.222 e. The minimum atomic E-state index is 0.163. The van der Waals surface area contributed by atoms with Gasteiger partial charge in [0, 0.05) is 39.0 Å². The molecule has 1 aliphatic heterocycles. The number of amides is 2. The van der Waals surface area contributed by atoms with E-state index in [1.807, 2.05) is 41.8 Å². The summed E-state index contributed by atoms with van der Waals surface area (Å²) < 4.78 is 5.87. The van der Waals surface area contributed by atoms with Gasteiger partial charge in [0.1, 0.15) is 5.75 Å². The molecule has 0 N–H and O–H groups in total. The molecule has 0 spiro atoms. The maximum Gasteiger partial charge on any atom is 0.222 e. The molecule has 0 radical (unpaired) electrons. The van der Waals surface area contributed by atoms with Crippen LogP contribution < -0.4 is 4.74 Å². The summed E-state index contributed by atoms with van der Waals surface area (Å²) in [5.41, 5.74) is 2.25. The summed E-state index contributed by atoms with van der Waals surface area (Å²) in [6, 6.07) is 6.09. The molecule has 0 saturated carbocycles. The highest BCUT2D eigenvalue weighted by Crippen LogP contribution is 2.22.